The summed E-state index contributed by atoms with van der Waals surface area (Å²) in [5.74, 6) is 1.43. The second kappa shape index (κ2) is 11.4. The SMILES string of the molecule is CN=C(NCCS(=O)C(C)(C)C)NC1CC(C)N(Cc2ccccc2)C1.I. The van der Waals surface area contributed by atoms with Crippen LogP contribution in [0.25, 0.3) is 0 Å². The molecule has 0 radical (unpaired) electrons. The molecule has 1 fully saturated rings. The third-order valence-corrected chi connectivity index (χ3v) is 6.70. The maximum absolute atomic E-state index is 12.1. The number of rotatable bonds is 6. The molecule has 0 spiro atoms. The molecule has 154 valence electrons. The van der Waals surface area contributed by atoms with Gasteiger partial charge in [0.05, 0.1) is 0 Å². The lowest BCUT2D eigenvalue weighted by molar-refractivity contribution is 0.258. The Morgan fingerprint density at radius 1 is 1.30 bits per heavy atom. The predicted molar refractivity (Wildman–Crippen MR) is 127 cm³/mol. The molecular weight excluding hydrogens is 471 g/mol. The fourth-order valence-electron chi connectivity index (χ4n) is 3.20. The van der Waals surface area contributed by atoms with E-state index < -0.39 is 10.8 Å². The van der Waals surface area contributed by atoms with E-state index in [1.807, 2.05) is 20.8 Å². The minimum absolute atomic E-state index is 0. The van der Waals surface area contributed by atoms with E-state index in [2.05, 4.69) is 57.8 Å². The molecule has 1 aliphatic rings. The average molecular weight is 506 g/mol. The summed E-state index contributed by atoms with van der Waals surface area (Å²) < 4.78 is 12.0. The summed E-state index contributed by atoms with van der Waals surface area (Å²) in [6, 6.07) is 11.5. The van der Waals surface area contributed by atoms with E-state index in [9.17, 15) is 4.21 Å². The van der Waals surface area contributed by atoms with Gasteiger partial charge in [0.2, 0.25) is 0 Å². The van der Waals surface area contributed by atoms with E-state index >= 15 is 0 Å². The topological polar surface area (TPSA) is 56.7 Å². The van der Waals surface area contributed by atoms with Gasteiger partial charge >= 0.3 is 0 Å². The van der Waals surface area contributed by atoms with Gasteiger partial charge in [-0.3, -0.25) is 14.1 Å². The summed E-state index contributed by atoms with van der Waals surface area (Å²) >= 11 is 0. The molecule has 1 heterocycles. The predicted octanol–water partition coefficient (Wildman–Crippen LogP) is 2.98. The highest BCUT2D eigenvalue weighted by atomic mass is 127. The second-order valence-electron chi connectivity index (χ2n) is 8.00. The zero-order valence-electron chi connectivity index (χ0n) is 17.2. The van der Waals surface area contributed by atoms with Crippen molar-refractivity contribution in [2.75, 3.05) is 25.9 Å². The van der Waals surface area contributed by atoms with Crippen LogP contribution < -0.4 is 10.6 Å². The van der Waals surface area contributed by atoms with E-state index in [-0.39, 0.29) is 28.7 Å². The average Bonchev–Trinajstić information content (AvgIpc) is 2.93. The number of nitrogens with one attached hydrogen (secondary N) is 2. The summed E-state index contributed by atoms with van der Waals surface area (Å²) in [5.41, 5.74) is 1.35. The van der Waals surface area contributed by atoms with Crippen LogP contribution >= 0.6 is 24.0 Å². The van der Waals surface area contributed by atoms with Crippen molar-refractivity contribution in [3.63, 3.8) is 0 Å². The van der Waals surface area contributed by atoms with Crippen molar-refractivity contribution in [2.24, 2.45) is 4.99 Å². The molecular formula is C20H35IN4OS. The van der Waals surface area contributed by atoms with Crippen LogP contribution in [-0.4, -0.2) is 57.8 Å². The molecule has 0 saturated carbocycles. The number of hydrogen-bond donors (Lipinski definition) is 2. The number of likely N-dealkylation sites (tertiary alicyclic amines) is 1. The largest absolute Gasteiger partial charge is 0.355 e. The van der Waals surface area contributed by atoms with Crippen molar-refractivity contribution < 1.29 is 4.21 Å². The van der Waals surface area contributed by atoms with Crippen molar-refractivity contribution in [1.29, 1.82) is 0 Å². The molecule has 2 rings (SSSR count). The highest BCUT2D eigenvalue weighted by molar-refractivity contribution is 14.0. The van der Waals surface area contributed by atoms with Gasteiger partial charge in [0, 0.05) is 60.1 Å². The van der Waals surface area contributed by atoms with Crippen molar-refractivity contribution in [3.8, 4) is 0 Å². The Morgan fingerprint density at radius 2 is 1.96 bits per heavy atom. The monoisotopic (exact) mass is 506 g/mol. The van der Waals surface area contributed by atoms with E-state index in [0.717, 1.165) is 25.5 Å². The zero-order valence-corrected chi connectivity index (χ0v) is 20.3. The van der Waals surface area contributed by atoms with Crippen LogP contribution in [0, 0.1) is 0 Å². The number of nitrogens with zero attached hydrogens (tertiary/aromatic N) is 2. The minimum Gasteiger partial charge on any atom is -0.355 e. The first-order valence-electron chi connectivity index (χ1n) is 9.43. The third-order valence-electron chi connectivity index (χ3n) is 4.76. The molecule has 3 atom stereocenters. The van der Waals surface area contributed by atoms with Crippen LogP contribution in [-0.2, 0) is 17.3 Å². The van der Waals surface area contributed by atoms with E-state index in [1.54, 1.807) is 7.05 Å². The van der Waals surface area contributed by atoms with E-state index in [0.29, 0.717) is 24.4 Å². The molecule has 7 heteroatoms. The molecule has 2 N–H and O–H groups in total. The Balaban J connectivity index is 0.00000364. The van der Waals surface area contributed by atoms with Gasteiger partial charge in [0.1, 0.15) is 0 Å². The fraction of sp³-hybridized carbons (Fsp3) is 0.650. The molecule has 27 heavy (non-hydrogen) atoms. The Morgan fingerprint density at radius 3 is 2.56 bits per heavy atom. The summed E-state index contributed by atoms with van der Waals surface area (Å²) in [6.07, 6.45) is 1.10. The maximum atomic E-state index is 12.1. The molecule has 1 aromatic carbocycles. The molecule has 0 aromatic heterocycles. The smallest absolute Gasteiger partial charge is 0.191 e. The van der Waals surface area contributed by atoms with Gasteiger partial charge in [-0.15, -0.1) is 24.0 Å². The number of benzene rings is 1. The molecule has 1 saturated heterocycles. The zero-order chi connectivity index (χ0) is 19.2. The Labute approximate surface area is 184 Å². The van der Waals surface area contributed by atoms with Gasteiger partial charge in [-0.1, -0.05) is 30.3 Å². The molecule has 0 bridgehead atoms. The lowest BCUT2D eigenvalue weighted by atomic mass is 10.2. The summed E-state index contributed by atoms with van der Waals surface area (Å²) in [6.45, 7) is 11.0. The van der Waals surface area contributed by atoms with Crippen LogP contribution in [0.3, 0.4) is 0 Å². The first-order chi connectivity index (χ1) is 12.3. The van der Waals surface area contributed by atoms with Crippen LogP contribution in [0.5, 0.6) is 0 Å². The molecule has 0 amide bonds. The first-order valence-corrected chi connectivity index (χ1v) is 10.7. The summed E-state index contributed by atoms with van der Waals surface area (Å²) in [5, 5.41) is 6.83. The summed E-state index contributed by atoms with van der Waals surface area (Å²) in [7, 11) is 0.941. The van der Waals surface area contributed by atoms with Crippen LogP contribution in [0.15, 0.2) is 35.3 Å². The van der Waals surface area contributed by atoms with Crippen molar-refractivity contribution in [2.45, 2.75) is 57.5 Å². The molecule has 1 aromatic rings. The molecule has 5 nitrogen and oxygen atoms in total. The highest BCUT2D eigenvalue weighted by Gasteiger charge is 2.29. The summed E-state index contributed by atoms with van der Waals surface area (Å²) in [4.78, 5) is 6.83. The first kappa shape index (κ1) is 24.4. The Hall–Kier alpha value is -0.670. The van der Waals surface area contributed by atoms with Crippen molar-refractivity contribution >= 4 is 40.7 Å². The number of guanidine groups is 1. The number of aliphatic imine (C=N–C) groups is 1. The van der Waals surface area contributed by atoms with Crippen molar-refractivity contribution in [3.05, 3.63) is 35.9 Å². The number of hydrogen-bond acceptors (Lipinski definition) is 3. The number of halogens is 1. The van der Waals surface area contributed by atoms with Crippen LogP contribution in [0.4, 0.5) is 0 Å². The van der Waals surface area contributed by atoms with Crippen LogP contribution in [0.2, 0.25) is 0 Å². The lowest BCUT2D eigenvalue weighted by Gasteiger charge is -2.21. The second-order valence-corrected chi connectivity index (χ2v) is 10.3. The standard InChI is InChI=1S/C20H34N4OS.HI/c1-16-13-18(15-24(16)14-17-9-7-6-8-10-17)23-19(21-5)22-11-12-26(25)20(2,3)4;/h6-10,16,18H,11-15H2,1-5H3,(H2,21,22,23);1H. The van der Waals surface area contributed by atoms with Gasteiger partial charge in [-0.25, -0.2) is 0 Å². The van der Waals surface area contributed by atoms with E-state index in [4.69, 9.17) is 0 Å². The van der Waals surface area contributed by atoms with Gasteiger partial charge in [0.15, 0.2) is 5.96 Å². The van der Waals surface area contributed by atoms with Crippen molar-refractivity contribution in [1.82, 2.24) is 15.5 Å². The molecule has 0 aliphatic carbocycles. The Bertz CT molecular complexity index is 618. The van der Waals surface area contributed by atoms with Crippen LogP contribution in [0.1, 0.15) is 39.7 Å². The normalized spacial score (nSPS) is 22.2. The molecule has 3 unspecified atom stereocenters. The Kier molecular flexibility index (Phi) is 10.3. The van der Waals surface area contributed by atoms with Gasteiger partial charge in [-0.2, -0.15) is 0 Å². The van der Waals surface area contributed by atoms with E-state index in [1.165, 1.54) is 5.56 Å². The van der Waals surface area contributed by atoms with Gasteiger partial charge < -0.3 is 10.6 Å². The maximum Gasteiger partial charge on any atom is 0.191 e. The quantitative estimate of drug-likeness (QED) is 0.354. The fourth-order valence-corrected chi connectivity index (χ4v) is 4.10. The third kappa shape index (κ3) is 8.07. The lowest BCUT2D eigenvalue weighted by Crippen LogP contribution is -2.46. The minimum atomic E-state index is -0.847. The molecule has 1 aliphatic heterocycles. The van der Waals surface area contributed by atoms with Gasteiger partial charge in [-0.05, 0) is 39.7 Å². The van der Waals surface area contributed by atoms with Gasteiger partial charge in [0.25, 0.3) is 0 Å². The highest BCUT2D eigenvalue weighted by Crippen LogP contribution is 2.20.